The number of halogens is 1. The molecule has 0 bridgehead atoms. The summed E-state index contributed by atoms with van der Waals surface area (Å²) in [6.45, 7) is 1.67. The summed E-state index contributed by atoms with van der Waals surface area (Å²) in [4.78, 5) is 10.4. The summed E-state index contributed by atoms with van der Waals surface area (Å²) in [6.07, 6.45) is 0. The van der Waals surface area contributed by atoms with Gasteiger partial charge in [-0.1, -0.05) is 11.6 Å². The molecule has 0 aliphatic heterocycles. The molecule has 0 aromatic carbocycles. The smallest absolute Gasteiger partial charge is 0.349 e. The summed E-state index contributed by atoms with van der Waals surface area (Å²) in [5.74, 6) is -1.02. The topological polar surface area (TPSA) is 50.2 Å². The van der Waals surface area contributed by atoms with Gasteiger partial charge in [-0.3, -0.25) is 0 Å². The summed E-state index contributed by atoms with van der Waals surface area (Å²) < 4.78 is 3.77. The molecule has 0 aliphatic rings. The van der Waals surface area contributed by atoms with E-state index in [9.17, 15) is 4.79 Å². The van der Waals surface area contributed by atoms with E-state index in [0.29, 0.717) is 5.69 Å². The maximum atomic E-state index is 10.3. The van der Waals surface area contributed by atoms with Gasteiger partial charge in [-0.05, 0) is 18.5 Å². The van der Waals surface area contributed by atoms with Gasteiger partial charge >= 0.3 is 5.97 Å². The maximum absolute atomic E-state index is 10.3. The Labute approximate surface area is 66.4 Å². The number of hydrogen-bond donors (Lipinski definition) is 1. The highest BCUT2D eigenvalue weighted by atomic mass is 35.5. The molecule has 5 heteroatoms. The van der Waals surface area contributed by atoms with Crippen molar-refractivity contribution < 1.29 is 9.90 Å². The normalized spacial score (nSPS) is 9.80. The minimum Gasteiger partial charge on any atom is -0.477 e. The molecule has 1 aromatic heterocycles. The van der Waals surface area contributed by atoms with Crippen LogP contribution in [0.1, 0.15) is 15.4 Å². The number of nitrogens with zero attached hydrogens (tertiary/aromatic N) is 1. The first-order chi connectivity index (χ1) is 4.63. The minimum atomic E-state index is -1.02. The average Bonchev–Trinajstić information content (AvgIpc) is 2.14. The van der Waals surface area contributed by atoms with Crippen LogP contribution in [-0.2, 0) is 0 Å². The third-order valence-electron chi connectivity index (χ3n) is 0.985. The minimum absolute atomic E-state index is 0.110. The molecule has 0 unspecified atom stereocenters. The summed E-state index contributed by atoms with van der Waals surface area (Å²) in [7, 11) is 0. The fourth-order valence-electron chi connectivity index (χ4n) is 0.491. The number of aromatic carboxylic acids is 1. The molecule has 54 valence electrons. The molecule has 3 nitrogen and oxygen atoms in total. The van der Waals surface area contributed by atoms with Crippen molar-refractivity contribution in [2.75, 3.05) is 0 Å². The summed E-state index contributed by atoms with van der Waals surface area (Å²) >= 11 is 6.47. The molecule has 10 heavy (non-hydrogen) atoms. The molecular weight excluding hydrogens is 174 g/mol. The Morgan fingerprint density at radius 1 is 1.80 bits per heavy atom. The predicted molar refractivity (Wildman–Crippen MR) is 38.8 cm³/mol. The Kier molecular flexibility index (Phi) is 1.92. The first kappa shape index (κ1) is 7.50. The zero-order valence-electron chi connectivity index (χ0n) is 5.09. The highest BCUT2D eigenvalue weighted by Crippen LogP contribution is 2.23. The number of hydrogen-bond acceptors (Lipinski definition) is 3. The van der Waals surface area contributed by atoms with Crippen molar-refractivity contribution in [1.29, 1.82) is 0 Å². The van der Waals surface area contributed by atoms with Crippen molar-refractivity contribution in [3.8, 4) is 0 Å². The number of carboxylic acids is 1. The van der Waals surface area contributed by atoms with Crippen LogP contribution < -0.4 is 0 Å². The van der Waals surface area contributed by atoms with Crippen molar-refractivity contribution >= 4 is 29.1 Å². The molecule has 1 aromatic rings. The molecule has 0 saturated carbocycles. The molecule has 1 rings (SSSR count). The average molecular weight is 178 g/mol. The number of carboxylic acid groups (broad SMARTS) is 1. The van der Waals surface area contributed by atoms with Crippen molar-refractivity contribution in [3.63, 3.8) is 0 Å². The molecule has 1 heterocycles. The number of aryl methyl sites for hydroxylation is 1. The lowest BCUT2D eigenvalue weighted by Gasteiger charge is -1.85. The van der Waals surface area contributed by atoms with Crippen molar-refractivity contribution in [2.45, 2.75) is 6.92 Å². The van der Waals surface area contributed by atoms with Crippen LogP contribution in [0, 0.1) is 6.92 Å². The van der Waals surface area contributed by atoms with Gasteiger partial charge in [0.1, 0.15) is 0 Å². The Morgan fingerprint density at radius 2 is 2.40 bits per heavy atom. The van der Waals surface area contributed by atoms with E-state index in [2.05, 4.69) is 4.37 Å². The standard InChI is InChI=1S/C5H4ClNO2S/c1-2-3(6)4(5(8)9)10-7-2/h1H3,(H,8,9). The number of rotatable bonds is 1. The molecule has 0 atom stereocenters. The quantitative estimate of drug-likeness (QED) is 0.712. The highest BCUT2D eigenvalue weighted by molar-refractivity contribution is 7.08. The lowest BCUT2D eigenvalue weighted by atomic mass is 10.4. The van der Waals surface area contributed by atoms with Crippen molar-refractivity contribution in [2.24, 2.45) is 0 Å². The predicted octanol–water partition coefficient (Wildman–Crippen LogP) is 1.80. The van der Waals surface area contributed by atoms with Crippen LogP contribution in [0.3, 0.4) is 0 Å². The first-order valence-corrected chi connectivity index (χ1v) is 3.63. The van der Waals surface area contributed by atoms with Gasteiger partial charge in [-0.2, -0.15) is 4.37 Å². The largest absolute Gasteiger partial charge is 0.477 e. The molecule has 0 amide bonds. The number of carbonyl (C=O) groups is 1. The van der Waals surface area contributed by atoms with E-state index in [1.54, 1.807) is 6.92 Å². The third-order valence-corrected chi connectivity index (χ3v) is 2.49. The highest BCUT2D eigenvalue weighted by Gasteiger charge is 2.13. The summed E-state index contributed by atoms with van der Waals surface area (Å²) in [6, 6.07) is 0. The zero-order chi connectivity index (χ0) is 7.72. The van der Waals surface area contributed by atoms with E-state index in [0.717, 1.165) is 11.5 Å². The van der Waals surface area contributed by atoms with Crippen LogP contribution in [0.2, 0.25) is 5.02 Å². The van der Waals surface area contributed by atoms with Crippen LogP contribution >= 0.6 is 23.1 Å². The van der Waals surface area contributed by atoms with Crippen LogP contribution in [0.25, 0.3) is 0 Å². The van der Waals surface area contributed by atoms with Crippen LogP contribution in [0.15, 0.2) is 0 Å². The van der Waals surface area contributed by atoms with Crippen molar-refractivity contribution in [1.82, 2.24) is 4.37 Å². The van der Waals surface area contributed by atoms with E-state index in [1.807, 2.05) is 0 Å². The SMILES string of the molecule is Cc1nsc(C(=O)O)c1Cl. The summed E-state index contributed by atoms with van der Waals surface area (Å²) in [5, 5.41) is 8.71. The van der Waals surface area contributed by atoms with Gasteiger partial charge in [0.25, 0.3) is 0 Å². The van der Waals surface area contributed by atoms with Crippen molar-refractivity contribution in [3.05, 3.63) is 15.6 Å². The lowest BCUT2D eigenvalue weighted by molar-refractivity contribution is 0.0702. The second kappa shape index (κ2) is 2.56. The lowest BCUT2D eigenvalue weighted by Crippen LogP contribution is -1.91. The van der Waals surface area contributed by atoms with E-state index >= 15 is 0 Å². The van der Waals surface area contributed by atoms with E-state index < -0.39 is 5.97 Å². The maximum Gasteiger partial charge on any atom is 0.349 e. The van der Waals surface area contributed by atoms with Crippen LogP contribution in [-0.4, -0.2) is 15.4 Å². The van der Waals surface area contributed by atoms with Gasteiger partial charge in [0.2, 0.25) is 0 Å². The second-order valence-corrected chi connectivity index (χ2v) is 2.87. The Morgan fingerprint density at radius 3 is 2.60 bits per heavy atom. The van der Waals surface area contributed by atoms with Gasteiger partial charge < -0.3 is 5.11 Å². The molecule has 0 aliphatic carbocycles. The van der Waals surface area contributed by atoms with E-state index in [-0.39, 0.29) is 9.90 Å². The molecule has 0 saturated heterocycles. The first-order valence-electron chi connectivity index (χ1n) is 2.48. The Bertz CT molecular complexity index is 271. The molecule has 0 radical (unpaired) electrons. The Balaban J connectivity index is 3.17. The monoisotopic (exact) mass is 177 g/mol. The second-order valence-electron chi connectivity index (χ2n) is 1.72. The zero-order valence-corrected chi connectivity index (χ0v) is 6.66. The van der Waals surface area contributed by atoms with Gasteiger partial charge in [0.05, 0.1) is 10.7 Å². The van der Waals surface area contributed by atoms with E-state index in [4.69, 9.17) is 16.7 Å². The molecule has 1 N–H and O–H groups in total. The van der Waals surface area contributed by atoms with Gasteiger partial charge in [-0.25, -0.2) is 4.79 Å². The van der Waals surface area contributed by atoms with Gasteiger partial charge in [-0.15, -0.1) is 0 Å². The number of aromatic nitrogens is 1. The third kappa shape index (κ3) is 1.12. The molecular formula is C5H4ClNO2S. The Hall–Kier alpha value is -0.610. The van der Waals surface area contributed by atoms with E-state index in [1.165, 1.54) is 0 Å². The van der Waals surface area contributed by atoms with Crippen LogP contribution in [0.5, 0.6) is 0 Å². The fraction of sp³-hybridized carbons (Fsp3) is 0.200. The molecule has 0 fully saturated rings. The van der Waals surface area contributed by atoms with Gasteiger partial charge in [0, 0.05) is 0 Å². The molecule has 0 spiro atoms. The van der Waals surface area contributed by atoms with Crippen LogP contribution in [0.4, 0.5) is 0 Å². The van der Waals surface area contributed by atoms with Gasteiger partial charge in [0.15, 0.2) is 4.88 Å². The fourth-order valence-corrected chi connectivity index (χ4v) is 1.39. The summed E-state index contributed by atoms with van der Waals surface area (Å²) in [5.41, 5.74) is 0.573.